The first-order chi connectivity index (χ1) is 19.0. The van der Waals surface area contributed by atoms with Gasteiger partial charge in [-0.1, -0.05) is 0 Å². The van der Waals surface area contributed by atoms with E-state index in [1.54, 1.807) is 20.8 Å². The number of hydrogen-bond acceptors (Lipinski definition) is 5. The van der Waals surface area contributed by atoms with Gasteiger partial charge in [-0.3, -0.25) is 59.0 Å². The second-order valence-electron chi connectivity index (χ2n) is 10.2. The average Bonchev–Trinajstić information content (AvgIpc) is 2.82. The summed E-state index contributed by atoms with van der Waals surface area (Å²) in [6, 6.07) is -3.48. The molecule has 0 unspecified atom stereocenters. The van der Waals surface area contributed by atoms with Gasteiger partial charge < -0.3 is 25.8 Å². The molecule has 0 radical (unpaired) electrons. The van der Waals surface area contributed by atoms with Crippen molar-refractivity contribution in [2.45, 2.75) is 83.0 Å². The minimum absolute atomic E-state index is 0.000186. The number of carbonyl (C=O) groups is 4. The van der Waals surface area contributed by atoms with Crippen molar-refractivity contribution in [1.82, 2.24) is 16.0 Å². The van der Waals surface area contributed by atoms with Gasteiger partial charge in [0, 0.05) is 0 Å². The fourth-order valence-corrected chi connectivity index (χ4v) is 3.41. The van der Waals surface area contributed by atoms with Crippen LogP contribution in [0.2, 0.25) is 0 Å². The van der Waals surface area contributed by atoms with Gasteiger partial charge in [0.15, 0.2) is 0 Å². The molecule has 0 rings (SSSR count). The minimum Gasteiger partial charge on any atom is -0.480 e. The van der Waals surface area contributed by atoms with Gasteiger partial charge >= 0.3 is 29.9 Å². The molecule has 0 fully saturated rings. The molecule has 0 aliphatic heterocycles. The second kappa shape index (κ2) is 18.7. The number of carbonyl (C=O) groups excluding carboxylic acids is 3. The van der Waals surface area contributed by atoms with Crippen molar-refractivity contribution in [1.29, 1.82) is 0 Å². The van der Waals surface area contributed by atoms with Crippen molar-refractivity contribution >= 4 is 41.8 Å². The lowest BCUT2D eigenvalue weighted by Gasteiger charge is -2.26. The van der Waals surface area contributed by atoms with Gasteiger partial charge in [-0.15, -0.1) is 0 Å². The molecule has 3 amide bonds. The Bertz CT molecular complexity index is 951. The van der Waals surface area contributed by atoms with Gasteiger partial charge in [0.05, 0.1) is 19.6 Å². The third-order valence-corrected chi connectivity index (χ3v) is 5.25. The fourth-order valence-electron chi connectivity index (χ4n) is 3.41. The Kier molecular flexibility index (Phi) is 16.7. The first-order valence-corrected chi connectivity index (χ1v) is 13.2. The highest BCUT2D eigenvalue weighted by atomic mass is 16.6. The average molecular weight is 590 g/mol. The van der Waals surface area contributed by atoms with Crippen LogP contribution >= 0.6 is 0 Å². The summed E-state index contributed by atoms with van der Waals surface area (Å²) in [7, 11) is 0. The molecule has 0 aliphatic rings. The number of alkyl carbamates (subject to hydrolysis) is 1. The summed E-state index contributed by atoms with van der Waals surface area (Å²) in [5.74, 6) is -2.69. The number of amides is 3. The first kappa shape index (κ1) is 36.5. The lowest BCUT2D eigenvalue weighted by molar-refractivity contribution is -0.460. The number of carboxylic acids is 1. The van der Waals surface area contributed by atoms with E-state index in [2.05, 4.69) is 30.9 Å². The summed E-state index contributed by atoms with van der Waals surface area (Å²) < 4.78 is 5.27. The zero-order valence-electron chi connectivity index (χ0n) is 24.0. The molecule has 18 nitrogen and oxygen atoms in total. The van der Waals surface area contributed by atoms with Crippen molar-refractivity contribution in [2.24, 2.45) is 34.4 Å². The Morgan fingerprint density at radius 2 is 1.00 bits per heavy atom. The smallest absolute Gasteiger partial charge is 0.408 e. The summed E-state index contributed by atoms with van der Waals surface area (Å²) in [5, 5.41) is 17.2. The molecule has 19 N–H and O–H groups in total. The highest BCUT2D eigenvalue weighted by Crippen LogP contribution is 2.08. The second-order valence-corrected chi connectivity index (χ2v) is 10.2. The maximum Gasteiger partial charge on any atom is 0.408 e. The van der Waals surface area contributed by atoms with Crippen LogP contribution in [0.5, 0.6) is 0 Å². The molecule has 0 saturated heterocycles. The number of carboxylic acid groups (broad SMARTS) is 1. The molecule has 0 aromatic heterocycles. The van der Waals surface area contributed by atoms with Crippen molar-refractivity contribution in [2.75, 3.05) is 19.6 Å². The van der Waals surface area contributed by atoms with Crippen LogP contribution in [0.4, 0.5) is 4.79 Å². The molecule has 0 spiro atoms. The Morgan fingerprint density at radius 1 is 0.659 bits per heavy atom. The molecule has 0 aromatic rings. The standard InChI is InChI=1S/C23H46N12O6/c1-23(2,3)41-22(40)35-14(8-5-11-31-20(26)27)17(37)33-13(7-4-10-30-19(24)25)16(36)34-15(18(38)39)9-6-12-32-21(28)29/h13-15H,4-12H2,1-3H3,(H,33,37)(H,34,36)(H,35,40)(H,38,39)(H4,24,25,30)(H4,26,27,31)(H4,28,29,32)/p+3/t13-,14-,15-/m0/s1. The summed E-state index contributed by atoms with van der Waals surface area (Å²) in [5.41, 5.74) is 31.5. The SMILES string of the molecule is CC(C)(C)OC(=O)N[C@@H](CCC[NH+]=C(N)N)C(=O)N[C@@H](CCC[NH+]=C(N)N)C(=O)N[C@@H](CCC[NH+]=C(N)N)C(=O)O. The Balaban J connectivity index is 5.73. The van der Waals surface area contributed by atoms with Crippen LogP contribution in [0.1, 0.15) is 59.3 Å². The van der Waals surface area contributed by atoms with E-state index >= 15 is 0 Å². The van der Waals surface area contributed by atoms with E-state index in [1.165, 1.54) is 0 Å². The number of guanidine groups is 3. The van der Waals surface area contributed by atoms with Gasteiger partial charge in [-0.25, -0.2) is 9.59 Å². The topological polar surface area (TPSA) is 332 Å². The number of nitrogens with one attached hydrogen (secondary N) is 6. The summed E-state index contributed by atoms with van der Waals surface area (Å²) in [6.45, 7) is 5.91. The van der Waals surface area contributed by atoms with Crippen molar-refractivity contribution in [3.8, 4) is 0 Å². The Labute approximate surface area is 239 Å². The van der Waals surface area contributed by atoms with Crippen LogP contribution in [0.15, 0.2) is 0 Å². The van der Waals surface area contributed by atoms with Gasteiger partial charge in [0.2, 0.25) is 11.8 Å². The molecule has 0 aliphatic carbocycles. The molecule has 3 atom stereocenters. The Morgan fingerprint density at radius 3 is 1.34 bits per heavy atom. The van der Waals surface area contributed by atoms with E-state index in [0.29, 0.717) is 32.4 Å². The molecular formula is C23H49N12O6+3. The summed E-state index contributed by atoms with van der Waals surface area (Å²) in [4.78, 5) is 58.7. The van der Waals surface area contributed by atoms with E-state index in [1.807, 2.05) is 0 Å². The molecule has 0 aromatic carbocycles. The van der Waals surface area contributed by atoms with Gasteiger partial charge in [0.25, 0.3) is 0 Å². The van der Waals surface area contributed by atoms with Crippen molar-refractivity contribution < 1.29 is 44.0 Å². The highest BCUT2D eigenvalue weighted by Gasteiger charge is 2.30. The molecule has 41 heavy (non-hydrogen) atoms. The first-order valence-electron chi connectivity index (χ1n) is 13.2. The van der Waals surface area contributed by atoms with E-state index < -0.39 is 47.6 Å². The van der Waals surface area contributed by atoms with Crippen LogP contribution in [0.25, 0.3) is 0 Å². The van der Waals surface area contributed by atoms with E-state index in [0.717, 1.165) is 0 Å². The van der Waals surface area contributed by atoms with Gasteiger partial charge in [0.1, 0.15) is 23.7 Å². The van der Waals surface area contributed by atoms with Crippen LogP contribution in [0, 0.1) is 0 Å². The van der Waals surface area contributed by atoms with Crippen LogP contribution in [-0.4, -0.2) is 90.2 Å². The predicted molar refractivity (Wildman–Crippen MR) is 150 cm³/mol. The zero-order valence-corrected chi connectivity index (χ0v) is 24.0. The molecule has 234 valence electrons. The molecule has 0 heterocycles. The molecule has 0 saturated carbocycles. The fraction of sp³-hybridized carbons (Fsp3) is 0.696. The van der Waals surface area contributed by atoms with E-state index in [4.69, 9.17) is 39.1 Å². The van der Waals surface area contributed by atoms with Gasteiger partial charge in [-0.05, 0) is 59.3 Å². The predicted octanol–water partition coefficient (Wildman–Crippen LogP) is -8.66. The molecule has 18 heteroatoms. The summed E-state index contributed by atoms with van der Waals surface area (Å²) in [6.07, 6.45) is 0.531. The normalized spacial score (nSPS) is 13.0. The third kappa shape index (κ3) is 19.2. The third-order valence-electron chi connectivity index (χ3n) is 5.25. The van der Waals surface area contributed by atoms with Crippen molar-refractivity contribution in [3.63, 3.8) is 0 Å². The summed E-state index contributed by atoms with van der Waals surface area (Å²) >= 11 is 0. The monoisotopic (exact) mass is 589 g/mol. The Hall–Kier alpha value is -4.51. The molecular weight excluding hydrogens is 540 g/mol. The number of ether oxygens (including phenoxy) is 1. The lowest BCUT2D eigenvalue weighted by atomic mass is 10.1. The number of aliphatic carboxylic acids is 1. The van der Waals surface area contributed by atoms with Crippen LogP contribution in [-0.2, 0) is 19.1 Å². The van der Waals surface area contributed by atoms with E-state index in [9.17, 15) is 24.3 Å². The van der Waals surface area contributed by atoms with Crippen LogP contribution in [0.3, 0.4) is 0 Å². The van der Waals surface area contributed by atoms with E-state index in [-0.39, 0.29) is 43.7 Å². The highest BCUT2D eigenvalue weighted by molar-refractivity contribution is 5.92. The largest absolute Gasteiger partial charge is 0.480 e. The number of hydrogen-bond donors (Lipinski definition) is 13. The van der Waals surface area contributed by atoms with Crippen molar-refractivity contribution in [3.05, 3.63) is 0 Å². The number of nitrogens with two attached hydrogens (primary N) is 6. The number of rotatable bonds is 18. The zero-order chi connectivity index (χ0) is 31.6. The lowest BCUT2D eigenvalue weighted by Crippen LogP contribution is -2.78. The quantitative estimate of drug-likeness (QED) is 0.0402. The maximum absolute atomic E-state index is 13.3. The minimum atomic E-state index is -1.26. The maximum atomic E-state index is 13.3. The molecule has 0 bridgehead atoms. The van der Waals surface area contributed by atoms with Gasteiger partial charge in [-0.2, -0.15) is 0 Å². The van der Waals surface area contributed by atoms with Crippen LogP contribution < -0.4 is 65.3 Å².